The number of carbonyl (C=O) groups excluding carboxylic acids is 1. The minimum absolute atomic E-state index is 0.162. The normalized spacial score (nSPS) is 13.3. The van der Waals surface area contributed by atoms with Gasteiger partial charge in [0.15, 0.2) is 11.5 Å². The van der Waals surface area contributed by atoms with E-state index in [9.17, 15) is 19.7 Å². The Bertz CT molecular complexity index is 892. The van der Waals surface area contributed by atoms with Gasteiger partial charge >= 0.3 is 0 Å². The summed E-state index contributed by atoms with van der Waals surface area (Å²) < 4.78 is 11.5. The Kier molecular flexibility index (Phi) is 4.38. The average molecular weight is 345 g/mol. The van der Waals surface area contributed by atoms with Crippen LogP contribution in [0.4, 0.5) is 5.69 Å². The number of ether oxygens (including phenoxy) is 2. The topological polar surface area (TPSA) is 113 Å². The maximum Gasteiger partial charge on any atom is 0.285 e. The van der Waals surface area contributed by atoms with Crippen LogP contribution in [0.2, 0.25) is 0 Å². The molecular formula is C16H15N3O6. The fourth-order valence-electron chi connectivity index (χ4n) is 2.46. The predicted octanol–water partition coefficient (Wildman–Crippen LogP) is 1.36. The number of benzene rings is 1. The third-order valence-corrected chi connectivity index (χ3v) is 3.77. The first kappa shape index (κ1) is 16.5. The molecule has 0 aliphatic carbocycles. The van der Waals surface area contributed by atoms with E-state index in [2.05, 4.69) is 5.32 Å². The second-order valence-electron chi connectivity index (χ2n) is 5.51. The fraction of sp³-hybridized carbons (Fsp3) is 0.250. The van der Waals surface area contributed by atoms with Crippen LogP contribution in [0.25, 0.3) is 0 Å². The first-order valence-electron chi connectivity index (χ1n) is 7.48. The van der Waals surface area contributed by atoms with Gasteiger partial charge in [0.1, 0.15) is 6.54 Å². The number of aromatic nitrogens is 1. The number of amides is 1. The number of nitrogens with zero attached hydrogens (tertiary/aromatic N) is 2. The molecule has 1 aromatic heterocycles. The highest BCUT2D eigenvalue weighted by Gasteiger charge is 2.17. The highest BCUT2D eigenvalue weighted by atomic mass is 16.7. The smallest absolute Gasteiger partial charge is 0.285 e. The van der Waals surface area contributed by atoms with Gasteiger partial charge in [0.25, 0.3) is 11.2 Å². The van der Waals surface area contributed by atoms with Gasteiger partial charge in [-0.05, 0) is 24.6 Å². The van der Waals surface area contributed by atoms with Crippen LogP contribution >= 0.6 is 0 Å². The number of hydrogen-bond acceptors (Lipinski definition) is 6. The van der Waals surface area contributed by atoms with E-state index < -0.39 is 16.4 Å². The molecule has 1 amide bonds. The van der Waals surface area contributed by atoms with Crippen molar-refractivity contribution in [2.75, 3.05) is 6.79 Å². The standard InChI is InChI=1S/C16H15N3O6/c1-10(11-2-4-13-14(6-11)25-9-24-13)17-15(20)8-18-7-12(19(22)23)3-5-16(18)21/h2-7,10H,8-9H2,1H3,(H,17,20). The Morgan fingerprint density at radius 1 is 1.32 bits per heavy atom. The fourth-order valence-corrected chi connectivity index (χ4v) is 2.46. The van der Waals surface area contributed by atoms with Crippen LogP contribution in [0.3, 0.4) is 0 Å². The quantitative estimate of drug-likeness (QED) is 0.647. The Morgan fingerprint density at radius 3 is 2.84 bits per heavy atom. The van der Waals surface area contributed by atoms with E-state index in [-0.39, 0.29) is 25.1 Å². The van der Waals surface area contributed by atoms with E-state index in [4.69, 9.17) is 9.47 Å². The maximum absolute atomic E-state index is 12.2. The zero-order chi connectivity index (χ0) is 18.0. The molecule has 1 atom stereocenters. The molecule has 25 heavy (non-hydrogen) atoms. The second-order valence-corrected chi connectivity index (χ2v) is 5.51. The maximum atomic E-state index is 12.2. The van der Waals surface area contributed by atoms with E-state index >= 15 is 0 Å². The number of fused-ring (bicyclic) bond motifs is 1. The molecule has 9 nitrogen and oxygen atoms in total. The van der Waals surface area contributed by atoms with E-state index in [1.807, 2.05) is 0 Å². The van der Waals surface area contributed by atoms with Crippen molar-refractivity contribution in [1.82, 2.24) is 9.88 Å². The van der Waals surface area contributed by atoms with Crippen LogP contribution in [0.15, 0.2) is 41.3 Å². The first-order valence-corrected chi connectivity index (χ1v) is 7.48. The van der Waals surface area contributed by atoms with Gasteiger partial charge in [-0.1, -0.05) is 6.07 Å². The molecule has 1 aliphatic heterocycles. The zero-order valence-electron chi connectivity index (χ0n) is 13.3. The van der Waals surface area contributed by atoms with Crippen molar-refractivity contribution < 1.29 is 19.2 Å². The third kappa shape index (κ3) is 3.60. The molecule has 0 spiro atoms. The van der Waals surface area contributed by atoms with Crippen LogP contribution in [-0.4, -0.2) is 22.2 Å². The summed E-state index contributed by atoms with van der Waals surface area (Å²) in [6, 6.07) is 7.16. The molecule has 3 rings (SSSR count). The Balaban J connectivity index is 1.69. The number of nitro groups is 1. The molecular weight excluding hydrogens is 330 g/mol. The predicted molar refractivity (Wildman–Crippen MR) is 86.5 cm³/mol. The summed E-state index contributed by atoms with van der Waals surface area (Å²) in [5, 5.41) is 13.5. The van der Waals surface area contributed by atoms with E-state index in [1.54, 1.807) is 25.1 Å². The molecule has 9 heteroatoms. The Morgan fingerprint density at radius 2 is 2.08 bits per heavy atom. The van der Waals surface area contributed by atoms with Crippen molar-refractivity contribution in [3.8, 4) is 11.5 Å². The lowest BCUT2D eigenvalue weighted by atomic mass is 10.1. The van der Waals surface area contributed by atoms with E-state index in [0.717, 1.165) is 28.5 Å². The molecule has 2 aromatic rings. The van der Waals surface area contributed by atoms with Crippen LogP contribution in [-0.2, 0) is 11.3 Å². The van der Waals surface area contributed by atoms with Gasteiger partial charge in [-0.15, -0.1) is 0 Å². The lowest BCUT2D eigenvalue weighted by Gasteiger charge is -2.15. The monoisotopic (exact) mass is 345 g/mol. The molecule has 0 fully saturated rings. The number of hydrogen-bond donors (Lipinski definition) is 1. The van der Waals surface area contributed by atoms with Gasteiger partial charge in [0, 0.05) is 12.1 Å². The summed E-state index contributed by atoms with van der Waals surface area (Å²) in [6.45, 7) is 1.64. The summed E-state index contributed by atoms with van der Waals surface area (Å²) in [7, 11) is 0. The molecule has 0 radical (unpaired) electrons. The van der Waals surface area contributed by atoms with Gasteiger partial charge < -0.3 is 14.8 Å². The van der Waals surface area contributed by atoms with Crippen molar-refractivity contribution in [2.45, 2.75) is 19.5 Å². The van der Waals surface area contributed by atoms with Crippen molar-refractivity contribution in [3.05, 3.63) is 62.6 Å². The molecule has 130 valence electrons. The summed E-state index contributed by atoms with van der Waals surface area (Å²) in [5.41, 5.74) is 0.0664. The van der Waals surface area contributed by atoms with Crippen molar-refractivity contribution in [1.29, 1.82) is 0 Å². The molecule has 0 bridgehead atoms. The summed E-state index contributed by atoms with van der Waals surface area (Å²) >= 11 is 0. The summed E-state index contributed by atoms with van der Waals surface area (Å²) in [4.78, 5) is 34.1. The van der Waals surface area contributed by atoms with Crippen molar-refractivity contribution in [2.24, 2.45) is 0 Å². The molecule has 0 saturated carbocycles. The van der Waals surface area contributed by atoms with Crippen LogP contribution in [0.1, 0.15) is 18.5 Å². The number of carbonyl (C=O) groups is 1. The van der Waals surface area contributed by atoms with Crippen LogP contribution in [0, 0.1) is 10.1 Å². The average Bonchev–Trinajstić information content (AvgIpc) is 3.04. The van der Waals surface area contributed by atoms with Crippen LogP contribution < -0.4 is 20.3 Å². The molecule has 1 unspecified atom stereocenters. The third-order valence-electron chi connectivity index (χ3n) is 3.77. The Hall–Kier alpha value is -3.36. The molecule has 1 N–H and O–H groups in total. The second kappa shape index (κ2) is 6.63. The van der Waals surface area contributed by atoms with Gasteiger partial charge in [-0.3, -0.25) is 24.3 Å². The molecule has 1 aromatic carbocycles. The van der Waals surface area contributed by atoms with Crippen molar-refractivity contribution >= 4 is 11.6 Å². The molecule has 2 heterocycles. The van der Waals surface area contributed by atoms with Crippen LogP contribution in [0.5, 0.6) is 11.5 Å². The highest BCUT2D eigenvalue weighted by molar-refractivity contribution is 5.76. The summed E-state index contributed by atoms with van der Waals surface area (Å²) in [6.07, 6.45) is 1.05. The van der Waals surface area contributed by atoms with Gasteiger partial charge in [0.05, 0.1) is 17.2 Å². The number of nitrogens with one attached hydrogen (secondary N) is 1. The molecule has 1 aliphatic rings. The Labute approximate surface area is 141 Å². The number of pyridine rings is 1. The van der Waals surface area contributed by atoms with Gasteiger partial charge in [-0.25, -0.2) is 0 Å². The first-order chi connectivity index (χ1) is 11.9. The lowest BCUT2D eigenvalue weighted by Crippen LogP contribution is -2.33. The highest BCUT2D eigenvalue weighted by Crippen LogP contribution is 2.34. The number of rotatable bonds is 5. The lowest BCUT2D eigenvalue weighted by molar-refractivity contribution is -0.385. The van der Waals surface area contributed by atoms with E-state index in [1.165, 1.54) is 0 Å². The largest absolute Gasteiger partial charge is 0.454 e. The van der Waals surface area contributed by atoms with Crippen molar-refractivity contribution in [3.63, 3.8) is 0 Å². The minimum Gasteiger partial charge on any atom is -0.454 e. The summed E-state index contributed by atoms with van der Waals surface area (Å²) in [5.74, 6) is 0.812. The van der Waals surface area contributed by atoms with Gasteiger partial charge in [0.2, 0.25) is 12.7 Å². The zero-order valence-corrected chi connectivity index (χ0v) is 13.3. The SMILES string of the molecule is CC(NC(=O)Cn1cc([N+](=O)[O-])ccc1=O)c1ccc2c(c1)OCO2. The molecule has 0 saturated heterocycles. The van der Waals surface area contributed by atoms with Gasteiger partial charge in [-0.2, -0.15) is 0 Å². The minimum atomic E-state index is -0.622. The van der Waals surface area contributed by atoms with E-state index in [0.29, 0.717) is 11.5 Å².